The summed E-state index contributed by atoms with van der Waals surface area (Å²) >= 11 is 0. The Morgan fingerprint density at radius 3 is 3.00 bits per heavy atom. The van der Waals surface area contributed by atoms with Crippen LogP contribution in [0.2, 0.25) is 0 Å². The Kier molecular flexibility index (Phi) is 4.07. The quantitative estimate of drug-likeness (QED) is 0.545. The Bertz CT molecular complexity index is 549. The highest BCUT2D eigenvalue weighted by Crippen LogP contribution is 2.24. The Hall–Kier alpha value is -2.43. The third kappa shape index (κ3) is 3.51. The number of aryl methyl sites for hydroxylation is 1. The van der Waals surface area contributed by atoms with Crippen LogP contribution in [-0.2, 0) is 6.54 Å². The van der Waals surface area contributed by atoms with E-state index in [0.717, 1.165) is 19.5 Å². The lowest BCUT2D eigenvalue weighted by atomic mass is 10.1. The van der Waals surface area contributed by atoms with Gasteiger partial charge in [-0.25, -0.2) is 4.98 Å². The maximum Gasteiger partial charge on any atom is 0.126 e. The second-order valence-corrected chi connectivity index (χ2v) is 4.34. The van der Waals surface area contributed by atoms with Crippen LogP contribution in [0, 0.1) is 0 Å². The second kappa shape index (κ2) is 5.95. The van der Waals surface area contributed by atoms with Crippen LogP contribution in [0.3, 0.4) is 0 Å². The Morgan fingerprint density at radius 2 is 2.32 bits per heavy atom. The number of hydrogen-bond donors (Lipinski definition) is 3. The predicted octanol–water partition coefficient (Wildman–Crippen LogP) is 1.82. The van der Waals surface area contributed by atoms with E-state index in [9.17, 15) is 5.11 Å². The van der Waals surface area contributed by atoms with Crippen molar-refractivity contribution >= 4 is 11.4 Å². The number of benzene rings is 1. The average Bonchev–Trinajstić information content (AvgIpc) is 2.87. The van der Waals surface area contributed by atoms with Gasteiger partial charge in [-0.1, -0.05) is 6.58 Å². The molecule has 0 atom stereocenters. The highest BCUT2D eigenvalue weighted by molar-refractivity contribution is 5.69. The number of aromatic nitrogens is 2. The van der Waals surface area contributed by atoms with Gasteiger partial charge in [-0.3, -0.25) is 0 Å². The summed E-state index contributed by atoms with van der Waals surface area (Å²) in [5, 5.41) is 13.0. The van der Waals surface area contributed by atoms with E-state index < -0.39 is 0 Å². The van der Waals surface area contributed by atoms with E-state index in [1.165, 1.54) is 6.07 Å². The molecule has 0 spiro atoms. The van der Waals surface area contributed by atoms with E-state index in [-0.39, 0.29) is 5.75 Å². The number of hydrogen-bond acceptors (Lipinski definition) is 4. The molecule has 0 saturated carbocycles. The van der Waals surface area contributed by atoms with Gasteiger partial charge in [0.1, 0.15) is 5.75 Å². The summed E-state index contributed by atoms with van der Waals surface area (Å²) in [7, 11) is 0. The summed E-state index contributed by atoms with van der Waals surface area (Å²) in [6.07, 6.45) is 6.44. The van der Waals surface area contributed by atoms with Crippen molar-refractivity contribution in [3.05, 3.63) is 49.1 Å². The van der Waals surface area contributed by atoms with Crippen LogP contribution in [0.25, 0.3) is 5.70 Å². The molecule has 1 heterocycles. The fraction of sp³-hybridized carbons (Fsp3) is 0.214. The summed E-state index contributed by atoms with van der Waals surface area (Å²) in [4.78, 5) is 3.98. The van der Waals surface area contributed by atoms with Gasteiger partial charge in [-0.2, -0.15) is 0 Å². The smallest absolute Gasteiger partial charge is 0.126 e. The normalized spacial score (nSPS) is 10.3. The Morgan fingerprint density at radius 1 is 1.47 bits per heavy atom. The zero-order chi connectivity index (χ0) is 13.7. The van der Waals surface area contributed by atoms with Gasteiger partial charge >= 0.3 is 0 Å². The van der Waals surface area contributed by atoms with Crippen molar-refractivity contribution in [2.24, 2.45) is 0 Å². The molecular weight excluding hydrogens is 240 g/mol. The number of phenols is 1. The Labute approximate surface area is 112 Å². The molecule has 0 aliphatic carbocycles. The number of anilines is 1. The van der Waals surface area contributed by atoms with Crippen LogP contribution in [0.1, 0.15) is 12.0 Å². The molecule has 1 aromatic carbocycles. The zero-order valence-electron chi connectivity index (χ0n) is 10.7. The minimum atomic E-state index is 0.145. The van der Waals surface area contributed by atoms with Gasteiger partial charge < -0.3 is 20.7 Å². The molecule has 2 aromatic rings. The predicted molar refractivity (Wildman–Crippen MR) is 76.4 cm³/mol. The standard InChI is InChI=1S/C14H18N4O/c1-11(13-4-3-12(15)9-14(13)19)17-5-2-7-18-8-6-16-10-18/h3-4,6,8-10,17,19H,1-2,5,7,15H2. The van der Waals surface area contributed by atoms with Crippen LogP contribution in [0.15, 0.2) is 43.5 Å². The lowest BCUT2D eigenvalue weighted by Gasteiger charge is -2.11. The van der Waals surface area contributed by atoms with E-state index in [1.807, 2.05) is 10.8 Å². The molecule has 0 saturated heterocycles. The Balaban J connectivity index is 1.81. The molecule has 2 rings (SSSR count). The molecule has 0 fully saturated rings. The molecule has 100 valence electrons. The highest BCUT2D eigenvalue weighted by Gasteiger charge is 2.04. The molecule has 0 unspecified atom stereocenters. The third-order valence-corrected chi connectivity index (χ3v) is 2.84. The molecule has 1 aromatic heterocycles. The molecule has 19 heavy (non-hydrogen) atoms. The van der Waals surface area contributed by atoms with Crippen molar-refractivity contribution in [2.75, 3.05) is 12.3 Å². The van der Waals surface area contributed by atoms with Crippen molar-refractivity contribution in [2.45, 2.75) is 13.0 Å². The monoisotopic (exact) mass is 258 g/mol. The molecular formula is C14H18N4O. The third-order valence-electron chi connectivity index (χ3n) is 2.84. The number of nitrogens with zero attached hydrogens (tertiary/aromatic N) is 2. The van der Waals surface area contributed by atoms with Crippen LogP contribution >= 0.6 is 0 Å². The first-order valence-corrected chi connectivity index (χ1v) is 6.14. The first-order chi connectivity index (χ1) is 9.16. The molecule has 5 nitrogen and oxygen atoms in total. The fourth-order valence-corrected chi connectivity index (χ4v) is 1.82. The lowest BCUT2D eigenvalue weighted by molar-refractivity contribution is 0.473. The van der Waals surface area contributed by atoms with Gasteiger partial charge in [0.2, 0.25) is 0 Å². The van der Waals surface area contributed by atoms with Crippen molar-refractivity contribution in [3.8, 4) is 5.75 Å². The number of aromatic hydroxyl groups is 1. The largest absolute Gasteiger partial charge is 0.507 e. The van der Waals surface area contributed by atoms with Gasteiger partial charge in [0.25, 0.3) is 0 Å². The van der Waals surface area contributed by atoms with E-state index in [2.05, 4.69) is 16.9 Å². The van der Waals surface area contributed by atoms with Crippen molar-refractivity contribution in [3.63, 3.8) is 0 Å². The molecule has 4 N–H and O–H groups in total. The van der Waals surface area contributed by atoms with Crippen LogP contribution in [0.4, 0.5) is 5.69 Å². The van der Waals surface area contributed by atoms with Gasteiger partial charge in [0, 0.05) is 48.5 Å². The maximum absolute atomic E-state index is 9.78. The first-order valence-electron chi connectivity index (χ1n) is 6.14. The second-order valence-electron chi connectivity index (χ2n) is 4.34. The van der Waals surface area contributed by atoms with E-state index in [4.69, 9.17) is 5.73 Å². The lowest BCUT2D eigenvalue weighted by Crippen LogP contribution is -2.14. The maximum atomic E-state index is 9.78. The summed E-state index contributed by atoms with van der Waals surface area (Å²) in [6.45, 7) is 5.59. The van der Waals surface area contributed by atoms with Gasteiger partial charge in [0.05, 0.1) is 6.33 Å². The van der Waals surface area contributed by atoms with Crippen molar-refractivity contribution in [1.29, 1.82) is 0 Å². The number of imidazole rings is 1. The molecule has 0 bridgehead atoms. The summed E-state index contributed by atoms with van der Waals surface area (Å²) in [5.74, 6) is 0.145. The topological polar surface area (TPSA) is 76.1 Å². The van der Waals surface area contributed by atoms with Gasteiger partial charge in [-0.05, 0) is 18.6 Å². The average molecular weight is 258 g/mol. The number of rotatable bonds is 6. The van der Waals surface area contributed by atoms with Crippen molar-refractivity contribution in [1.82, 2.24) is 14.9 Å². The molecule has 0 aliphatic heterocycles. The minimum Gasteiger partial charge on any atom is -0.507 e. The van der Waals surface area contributed by atoms with Crippen molar-refractivity contribution < 1.29 is 5.11 Å². The van der Waals surface area contributed by atoms with Crippen LogP contribution in [0.5, 0.6) is 5.75 Å². The summed E-state index contributed by atoms with van der Waals surface area (Å²) in [5.41, 5.74) is 7.50. The van der Waals surface area contributed by atoms with E-state index >= 15 is 0 Å². The number of nitrogen functional groups attached to an aromatic ring is 1. The van der Waals surface area contributed by atoms with Gasteiger partial charge in [-0.15, -0.1) is 0 Å². The van der Waals surface area contributed by atoms with Gasteiger partial charge in [0.15, 0.2) is 0 Å². The molecule has 0 aliphatic rings. The fourth-order valence-electron chi connectivity index (χ4n) is 1.82. The summed E-state index contributed by atoms with van der Waals surface area (Å²) < 4.78 is 2.02. The number of phenolic OH excluding ortho intramolecular Hbond substituents is 1. The number of nitrogens with one attached hydrogen (secondary N) is 1. The summed E-state index contributed by atoms with van der Waals surface area (Å²) in [6, 6.07) is 5.02. The molecule has 5 heteroatoms. The zero-order valence-corrected chi connectivity index (χ0v) is 10.7. The van der Waals surface area contributed by atoms with Crippen LogP contribution < -0.4 is 11.1 Å². The van der Waals surface area contributed by atoms with Crippen LogP contribution in [-0.4, -0.2) is 21.2 Å². The minimum absolute atomic E-state index is 0.145. The highest BCUT2D eigenvalue weighted by atomic mass is 16.3. The van der Waals surface area contributed by atoms with E-state index in [0.29, 0.717) is 16.9 Å². The van der Waals surface area contributed by atoms with E-state index in [1.54, 1.807) is 24.7 Å². The molecule has 0 amide bonds. The molecule has 0 radical (unpaired) electrons. The SMILES string of the molecule is C=C(NCCCn1ccnc1)c1ccc(N)cc1O. The first kappa shape index (κ1) is 13.0. The number of nitrogens with two attached hydrogens (primary N) is 1.